The van der Waals surface area contributed by atoms with Crippen LogP contribution in [0.1, 0.15) is 22.3 Å². The quantitative estimate of drug-likeness (QED) is 0.179. The number of ether oxygens (including phenoxy) is 1. The van der Waals surface area contributed by atoms with Gasteiger partial charge >= 0.3 is 4.87 Å². The number of hydrogen-bond acceptors (Lipinski definition) is 7. The Labute approximate surface area is 226 Å². The highest BCUT2D eigenvalue weighted by Crippen LogP contribution is 2.28. The molecule has 0 aliphatic rings. The van der Waals surface area contributed by atoms with Gasteiger partial charge in [0.1, 0.15) is 23.2 Å². The molecule has 0 amide bonds. The van der Waals surface area contributed by atoms with Gasteiger partial charge in [0.05, 0.1) is 11.8 Å². The summed E-state index contributed by atoms with van der Waals surface area (Å²) in [6.07, 6.45) is 0.388. The van der Waals surface area contributed by atoms with E-state index in [2.05, 4.69) is 45.9 Å². The molecule has 0 bridgehead atoms. The van der Waals surface area contributed by atoms with Crippen LogP contribution in [0.25, 0.3) is 10.2 Å². The summed E-state index contributed by atoms with van der Waals surface area (Å²) in [6, 6.07) is 19.7. The normalized spacial score (nSPS) is 11.5. The van der Waals surface area contributed by atoms with Crippen molar-refractivity contribution in [3.05, 3.63) is 92.6 Å². The maximum atomic E-state index is 11.6. The van der Waals surface area contributed by atoms with Gasteiger partial charge in [-0.1, -0.05) is 59.9 Å². The molecule has 0 saturated carbocycles. The molecular formula is C26H31Cl2N3O4S. The Bertz CT molecular complexity index is 1290. The third-order valence-electron chi connectivity index (χ3n) is 5.71. The number of H-pyrrole nitrogens is 1. The van der Waals surface area contributed by atoms with E-state index in [4.69, 9.17) is 4.74 Å². The lowest BCUT2D eigenvalue weighted by Crippen LogP contribution is -2.32. The minimum absolute atomic E-state index is 0. The predicted molar refractivity (Wildman–Crippen MR) is 150 cm³/mol. The number of hydrogen-bond donors (Lipinski definition) is 5. The summed E-state index contributed by atoms with van der Waals surface area (Å²) in [4.78, 5) is 14.1. The number of aliphatic hydroxyl groups excluding tert-OH is 1. The molecule has 194 valence electrons. The zero-order valence-electron chi connectivity index (χ0n) is 19.8. The molecular weight excluding hydrogens is 521 g/mol. The first-order valence-corrected chi connectivity index (χ1v) is 12.0. The zero-order chi connectivity index (χ0) is 23.9. The van der Waals surface area contributed by atoms with Gasteiger partial charge in [0.25, 0.3) is 0 Å². The molecule has 1 atom stereocenters. The fourth-order valence-corrected chi connectivity index (χ4v) is 4.79. The molecule has 0 fully saturated rings. The number of benzene rings is 3. The molecule has 0 saturated heterocycles. The highest BCUT2D eigenvalue weighted by molar-refractivity contribution is 7.16. The number of aliphatic hydroxyl groups is 1. The van der Waals surface area contributed by atoms with Crippen LogP contribution in [0.3, 0.4) is 0 Å². The topological polar surface area (TPSA) is 107 Å². The average Bonchev–Trinajstić information content (AvgIpc) is 3.25. The highest BCUT2D eigenvalue weighted by atomic mass is 35.5. The van der Waals surface area contributed by atoms with E-state index >= 15 is 0 Å². The van der Waals surface area contributed by atoms with Gasteiger partial charge in [0, 0.05) is 31.6 Å². The Kier molecular flexibility index (Phi) is 11.7. The third kappa shape index (κ3) is 7.70. The first-order valence-electron chi connectivity index (χ1n) is 11.2. The Hall–Kier alpha value is -2.59. The minimum Gasteiger partial charge on any atom is -0.506 e. The van der Waals surface area contributed by atoms with Crippen LogP contribution in [0, 0.1) is 0 Å². The Morgan fingerprint density at radius 1 is 0.972 bits per heavy atom. The molecule has 0 aliphatic heterocycles. The summed E-state index contributed by atoms with van der Waals surface area (Å²) in [7, 11) is 1.68. The highest BCUT2D eigenvalue weighted by Gasteiger charge is 2.13. The lowest BCUT2D eigenvalue weighted by Gasteiger charge is -2.14. The standard InChI is InChI=1S/C26H29N3O4S.2ClH/c1-33-22-5-3-2-4-20(22)16-27-15-18-8-6-17(7-9-18)12-13-28-23(31)14-19-10-11-21(30)24-25(19)34-26(32)29-24;;/h2-11,23,27-28,30-31H,12-16H2,1H3,(H,29,32);2*1H. The average molecular weight is 553 g/mol. The van der Waals surface area contributed by atoms with Crippen LogP contribution in [0.15, 0.2) is 65.5 Å². The molecule has 7 nitrogen and oxygen atoms in total. The smallest absolute Gasteiger partial charge is 0.305 e. The molecule has 5 N–H and O–H groups in total. The number of halogens is 2. The lowest BCUT2D eigenvalue weighted by molar-refractivity contribution is 0.138. The van der Waals surface area contributed by atoms with E-state index in [0.29, 0.717) is 23.2 Å². The largest absolute Gasteiger partial charge is 0.506 e. The number of phenolic OH excluding ortho intramolecular Hbond substituents is 1. The SMILES string of the molecule is COc1ccccc1CNCc1ccc(CCNC(O)Cc2ccc(O)c3[nH]c(=O)sc23)cc1.Cl.Cl. The molecule has 1 unspecified atom stereocenters. The number of aromatic amines is 1. The molecule has 1 heterocycles. The van der Waals surface area contributed by atoms with Crippen molar-refractivity contribution in [3.8, 4) is 11.5 Å². The van der Waals surface area contributed by atoms with E-state index in [-0.39, 0.29) is 35.4 Å². The minimum atomic E-state index is -0.747. The summed E-state index contributed by atoms with van der Waals surface area (Å²) >= 11 is 1.04. The van der Waals surface area contributed by atoms with Crippen LogP contribution in [-0.2, 0) is 25.9 Å². The molecule has 1 aromatic heterocycles. The second kappa shape index (κ2) is 14.2. The Balaban J connectivity index is 0.00000228. The van der Waals surface area contributed by atoms with Crippen LogP contribution >= 0.6 is 36.2 Å². The van der Waals surface area contributed by atoms with E-state index in [1.807, 2.05) is 18.2 Å². The molecule has 4 rings (SSSR count). The maximum absolute atomic E-state index is 11.6. The van der Waals surface area contributed by atoms with Crippen LogP contribution in [0.4, 0.5) is 0 Å². The second-order valence-electron chi connectivity index (χ2n) is 8.12. The van der Waals surface area contributed by atoms with Gasteiger partial charge < -0.3 is 25.3 Å². The van der Waals surface area contributed by atoms with E-state index in [9.17, 15) is 15.0 Å². The summed E-state index contributed by atoms with van der Waals surface area (Å²) in [6.45, 7) is 2.12. The first-order chi connectivity index (χ1) is 16.5. The van der Waals surface area contributed by atoms with Crippen molar-refractivity contribution in [3.63, 3.8) is 0 Å². The third-order valence-corrected chi connectivity index (χ3v) is 6.66. The number of phenols is 1. The van der Waals surface area contributed by atoms with Crippen molar-refractivity contribution in [2.45, 2.75) is 32.2 Å². The van der Waals surface area contributed by atoms with Gasteiger partial charge in [-0.25, -0.2) is 0 Å². The Morgan fingerprint density at radius 3 is 2.44 bits per heavy atom. The predicted octanol–water partition coefficient (Wildman–Crippen LogP) is 4.13. The summed E-state index contributed by atoms with van der Waals surface area (Å²) < 4.78 is 6.07. The number of nitrogens with one attached hydrogen (secondary N) is 3. The number of fused-ring (bicyclic) bond motifs is 1. The van der Waals surface area contributed by atoms with Gasteiger partial charge in [-0.05, 0) is 35.2 Å². The van der Waals surface area contributed by atoms with Crippen molar-refractivity contribution < 1.29 is 14.9 Å². The Morgan fingerprint density at radius 2 is 1.69 bits per heavy atom. The summed E-state index contributed by atoms with van der Waals surface area (Å²) in [5.74, 6) is 0.928. The number of aromatic nitrogens is 1. The molecule has 0 spiro atoms. The van der Waals surface area contributed by atoms with Crippen LogP contribution in [0.2, 0.25) is 0 Å². The number of thiazole rings is 1. The summed E-state index contributed by atoms with van der Waals surface area (Å²) in [5.41, 5.74) is 4.76. The van der Waals surface area contributed by atoms with Gasteiger partial charge in [-0.3, -0.25) is 10.1 Å². The van der Waals surface area contributed by atoms with Gasteiger partial charge in [-0.2, -0.15) is 0 Å². The molecule has 0 radical (unpaired) electrons. The van der Waals surface area contributed by atoms with Crippen LogP contribution < -0.4 is 20.2 Å². The van der Waals surface area contributed by atoms with Crippen molar-refractivity contribution >= 4 is 46.4 Å². The van der Waals surface area contributed by atoms with E-state index in [0.717, 1.165) is 47.7 Å². The van der Waals surface area contributed by atoms with Crippen molar-refractivity contribution in [2.75, 3.05) is 13.7 Å². The number of rotatable bonds is 11. The van der Waals surface area contributed by atoms with E-state index in [1.165, 1.54) is 11.1 Å². The van der Waals surface area contributed by atoms with E-state index in [1.54, 1.807) is 19.2 Å². The van der Waals surface area contributed by atoms with Gasteiger partial charge in [-0.15, -0.1) is 24.8 Å². The fourth-order valence-electron chi connectivity index (χ4n) is 3.91. The number of para-hydroxylation sites is 1. The molecule has 4 aromatic rings. The first kappa shape index (κ1) is 29.6. The molecule has 3 aromatic carbocycles. The van der Waals surface area contributed by atoms with Crippen LogP contribution in [-0.4, -0.2) is 35.1 Å². The second-order valence-corrected chi connectivity index (χ2v) is 9.10. The van der Waals surface area contributed by atoms with Crippen molar-refractivity contribution in [2.24, 2.45) is 0 Å². The number of aromatic hydroxyl groups is 1. The fraction of sp³-hybridized carbons (Fsp3) is 0.269. The molecule has 0 aliphatic carbocycles. The number of methoxy groups -OCH3 is 1. The zero-order valence-corrected chi connectivity index (χ0v) is 22.3. The van der Waals surface area contributed by atoms with E-state index < -0.39 is 6.23 Å². The maximum Gasteiger partial charge on any atom is 0.305 e. The molecule has 36 heavy (non-hydrogen) atoms. The van der Waals surface area contributed by atoms with Crippen molar-refractivity contribution in [1.82, 2.24) is 15.6 Å². The van der Waals surface area contributed by atoms with Gasteiger partial charge in [0.2, 0.25) is 0 Å². The monoisotopic (exact) mass is 551 g/mol. The lowest BCUT2D eigenvalue weighted by atomic mass is 10.1. The van der Waals surface area contributed by atoms with Crippen LogP contribution in [0.5, 0.6) is 11.5 Å². The van der Waals surface area contributed by atoms with Gasteiger partial charge in [0.15, 0.2) is 0 Å². The summed E-state index contributed by atoms with van der Waals surface area (Å²) in [5, 5.41) is 26.9. The van der Waals surface area contributed by atoms with Crippen molar-refractivity contribution in [1.29, 1.82) is 0 Å². The molecule has 10 heteroatoms.